The number of fused-ring (bicyclic) bond motifs is 1. The second-order valence-electron chi connectivity index (χ2n) is 6.06. The van der Waals surface area contributed by atoms with Gasteiger partial charge < -0.3 is 5.73 Å². The van der Waals surface area contributed by atoms with Crippen molar-refractivity contribution in [3.05, 3.63) is 39.8 Å². The van der Waals surface area contributed by atoms with Crippen LogP contribution in [0.5, 0.6) is 0 Å². The predicted octanol–water partition coefficient (Wildman–Crippen LogP) is 3.14. The fraction of sp³-hybridized carbons (Fsp3) is 0.562. The molecule has 0 aliphatic carbocycles. The molecule has 2 unspecified atom stereocenters. The second kappa shape index (κ2) is 5.91. The van der Waals surface area contributed by atoms with Crippen molar-refractivity contribution in [2.75, 3.05) is 13.1 Å². The van der Waals surface area contributed by atoms with Gasteiger partial charge in [-0.05, 0) is 44.2 Å². The van der Waals surface area contributed by atoms with E-state index in [-0.39, 0.29) is 6.04 Å². The average molecular weight is 304 g/mol. The number of nitrogens with two attached hydrogens (primary N) is 1. The molecule has 2 aromatic heterocycles. The summed E-state index contributed by atoms with van der Waals surface area (Å²) < 4.78 is 2.02. The van der Waals surface area contributed by atoms with Gasteiger partial charge in [0.05, 0.1) is 12.2 Å². The highest BCUT2D eigenvalue weighted by molar-refractivity contribution is 7.10. The summed E-state index contributed by atoms with van der Waals surface area (Å²) in [4.78, 5) is 4.06. The van der Waals surface area contributed by atoms with Crippen LogP contribution < -0.4 is 5.73 Å². The maximum absolute atomic E-state index is 6.10. The van der Waals surface area contributed by atoms with E-state index < -0.39 is 0 Å². The summed E-state index contributed by atoms with van der Waals surface area (Å²) in [6.45, 7) is 8.29. The molecule has 3 heterocycles. The molecule has 114 valence electrons. The maximum Gasteiger partial charge on any atom is 0.0538 e. The minimum atomic E-state index is 0.251. The first kappa shape index (κ1) is 14.8. The summed E-state index contributed by atoms with van der Waals surface area (Å²) in [5.41, 5.74) is 8.81. The predicted molar refractivity (Wildman–Crippen MR) is 87.6 cm³/mol. The smallest absolute Gasteiger partial charge is 0.0538 e. The fourth-order valence-corrected chi connectivity index (χ4v) is 4.19. The van der Waals surface area contributed by atoms with Crippen LogP contribution in [0.4, 0.5) is 0 Å². The molecule has 21 heavy (non-hydrogen) atoms. The molecule has 2 aromatic rings. The standard InChI is InChI=1S/C16H24N4S/c1-11(2)20-10-13(9-18-20)15(8-17)19-6-4-16-14(12(19)3)5-7-21-16/h5,7,9-12,15H,4,6,8,17H2,1-3H3. The van der Waals surface area contributed by atoms with Crippen LogP contribution in [0.1, 0.15) is 54.9 Å². The van der Waals surface area contributed by atoms with E-state index in [0.29, 0.717) is 18.6 Å². The van der Waals surface area contributed by atoms with Gasteiger partial charge in [-0.1, -0.05) is 0 Å². The molecular formula is C16H24N4S. The molecule has 0 aromatic carbocycles. The number of nitrogens with zero attached hydrogens (tertiary/aromatic N) is 3. The van der Waals surface area contributed by atoms with Crippen molar-refractivity contribution in [3.8, 4) is 0 Å². The summed E-state index contributed by atoms with van der Waals surface area (Å²) >= 11 is 1.88. The minimum Gasteiger partial charge on any atom is -0.329 e. The van der Waals surface area contributed by atoms with Crippen molar-refractivity contribution >= 4 is 11.3 Å². The van der Waals surface area contributed by atoms with Crippen LogP contribution in [-0.2, 0) is 6.42 Å². The first-order chi connectivity index (χ1) is 10.1. The van der Waals surface area contributed by atoms with Gasteiger partial charge in [0.25, 0.3) is 0 Å². The Hall–Kier alpha value is -1.17. The lowest BCUT2D eigenvalue weighted by molar-refractivity contribution is 0.138. The molecule has 0 bridgehead atoms. The van der Waals surface area contributed by atoms with Gasteiger partial charge in [0.15, 0.2) is 0 Å². The molecule has 0 radical (unpaired) electrons. The van der Waals surface area contributed by atoms with Crippen molar-refractivity contribution in [2.24, 2.45) is 5.73 Å². The summed E-state index contributed by atoms with van der Waals surface area (Å²) in [6.07, 6.45) is 5.26. The SMILES string of the molecule is CC1c2ccsc2CCN1C(CN)c1cnn(C(C)C)c1. The van der Waals surface area contributed by atoms with E-state index in [1.54, 1.807) is 0 Å². The highest BCUT2D eigenvalue weighted by atomic mass is 32.1. The lowest BCUT2D eigenvalue weighted by atomic mass is 9.97. The van der Waals surface area contributed by atoms with E-state index in [1.807, 2.05) is 22.2 Å². The van der Waals surface area contributed by atoms with Crippen LogP contribution in [0.25, 0.3) is 0 Å². The summed E-state index contributed by atoms with van der Waals surface area (Å²) in [7, 11) is 0. The third-order valence-electron chi connectivity index (χ3n) is 4.48. The molecular weight excluding hydrogens is 280 g/mol. The van der Waals surface area contributed by atoms with E-state index in [2.05, 4.69) is 48.4 Å². The molecule has 2 N–H and O–H groups in total. The zero-order valence-corrected chi connectivity index (χ0v) is 13.8. The van der Waals surface area contributed by atoms with Crippen LogP contribution in [0.2, 0.25) is 0 Å². The molecule has 0 saturated heterocycles. The van der Waals surface area contributed by atoms with Gasteiger partial charge in [-0.3, -0.25) is 9.58 Å². The van der Waals surface area contributed by atoms with Crippen molar-refractivity contribution in [2.45, 2.75) is 45.3 Å². The molecule has 5 heteroatoms. The molecule has 0 saturated carbocycles. The van der Waals surface area contributed by atoms with Crippen molar-refractivity contribution < 1.29 is 0 Å². The van der Waals surface area contributed by atoms with Crippen LogP contribution in [0.3, 0.4) is 0 Å². The van der Waals surface area contributed by atoms with E-state index in [9.17, 15) is 0 Å². The van der Waals surface area contributed by atoms with Gasteiger partial charge in [0.1, 0.15) is 0 Å². The first-order valence-electron chi connectivity index (χ1n) is 7.68. The monoisotopic (exact) mass is 304 g/mol. The fourth-order valence-electron chi connectivity index (χ4n) is 3.22. The summed E-state index contributed by atoms with van der Waals surface area (Å²) in [5, 5.41) is 6.68. The topological polar surface area (TPSA) is 47.1 Å². The highest BCUT2D eigenvalue weighted by Gasteiger charge is 2.31. The normalized spacial score (nSPS) is 20.7. The van der Waals surface area contributed by atoms with E-state index in [4.69, 9.17) is 5.73 Å². The molecule has 1 aliphatic heterocycles. The Morgan fingerprint density at radius 1 is 1.48 bits per heavy atom. The Morgan fingerprint density at radius 3 is 2.95 bits per heavy atom. The zero-order valence-electron chi connectivity index (χ0n) is 13.0. The minimum absolute atomic E-state index is 0.251. The van der Waals surface area contributed by atoms with Gasteiger partial charge in [0.2, 0.25) is 0 Å². The lowest BCUT2D eigenvalue weighted by Gasteiger charge is -2.39. The molecule has 4 nitrogen and oxygen atoms in total. The highest BCUT2D eigenvalue weighted by Crippen LogP contribution is 2.37. The lowest BCUT2D eigenvalue weighted by Crippen LogP contribution is -2.39. The van der Waals surface area contributed by atoms with Gasteiger partial charge in [0, 0.05) is 41.8 Å². The Balaban J connectivity index is 1.86. The van der Waals surface area contributed by atoms with Crippen LogP contribution in [-0.4, -0.2) is 27.8 Å². The van der Waals surface area contributed by atoms with Crippen molar-refractivity contribution in [1.29, 1.82) is 0 Å². The zero-order chi connectivity index (χ0) is 15.0. The number of aromatic nitrogens is 2. The second-order valence-corrected chi connectivity index (χ2v) is 7.06. The number of thiophene rings is 1. The van der Waals surface area contributed by atoms with Gasteiger partial charge in [-0.2, -0.15) is 5.10 Å². The summed E-state index contributed by atoms with van der Waals surface area (Å²) in [5.74, 6) is 0. The van der Waals surface area contributed by atoms with E-state index in [0.717, 1.165) is 13.0 Å². The average Bonchev–Trinajstić information content (AvgIpc) is 3.11. The molecule has 1 aliphatic rings. The number of hydrogen-bond donors (Lipinski definition) is 1. The van der Waals surface area contributed by atoms with Crippen LogP contribution in [0.15, 0.2) is 23.8 Å². The van der Waals surface area contributed by atoms with Crippen LogP contribution in [0, 0.1) is 0 Å². The Morgan fingerprint density at radius 2 is 2.29 bits per heavy atom. The molecule has 2 atom stereocenters. The molecule has 0 spiro atoms. The Kier molecular flexibility index (Phi) is 4.15. The quantitative estimate of drug-likeness (QED) is 0.944. The Bertz CT molecular complexity index is 601. The first-order valence-corrected chi connectivity index (χ1v) is 8.56. The third-order valence-corrected chi connectivity index (χ3v) is 5.48. The van der Waals surface area contributed by atoms with E-state index in [1.165, 1.54) is 16.0 Å². The molecule has 3 rings (SSSR count). The van der Waals surface area contributed by atoms with E-state index >= 15 is 0 Å². The third kappa shape index (κ3) is 2.65. The Labute approximate surface area is 130 Å². The van der Waals surface area contributed by atoms with Gasteiger partial charge in [-0.15, -0.1) is 11.3 Å². The number of rotatable bonds is 4. The van der Waals surface area contributed by atoms with Crippen LogP contribution >= 0.6 is 11.3 Å². The van der Waals surface area contributed by atoms with Crippen molar-refractivity contribution in [3.63, 3.8) is 0 Å². The largest absolute Gasteiger partial charge is 0.329 e. The van der Waals surface area contributed by atoms with Gasteiger partial charge in [-0.25, -0.2) is 0 Å². The molecule has 0 fully saturated rings. The summed E-state index contributed by atoms with van der Waals surface area (Å²) in [6, 6.07) is 3.33. The van der Waals surface area contributed by atoms with Crippen molar-refractivity contribution in [1.82, 2.24) is 14.7 Å². The molecule has 0 amide bonds. The number of hydrogen-bond acceptors (Lipinski definition) is 4. The maximum atomic E-state index is 6.10. The van der Waals surface area contributed by atoms with Gasteiger partial charge >= 0.3 is 0 Å².